The number of carbonyl (C=O) groups is 2. The number of H-pyrrole nitrogens is 1. The molecule has 0 spiro atoms. The van der Waals surface area contributed by atoms with Crippen molar-refractivity contribution in [2.75, 3.05) is 10.6 Å². The molecular formula is C11H10ClN5O2. The van der Waals surface area contributed by atoms with Crippen molar-refractivity contribution in [3.8, 4) is 0 Å². The zero-order valence-corrected chi connectivity index (χ0v) is 10.7. The van der Waals surface area contributed by atoms with Crippen molar-refractivity contribution in [3.05, 3.63) is 35.4 Å². The van der Waals surface area contributed by atoms with Gasteiger partial charge in [0.25, 0.3) is 5.91 Å². The maximum atomic E-state index is 11.7. The Balaban J connectivity index is 2.12. The zero-order valence-electron chi connectivity index (χ0n) is 9.90. The fraction of sp³-hybridized carbons (Fsp3) is 0.0909. The molecule has 0 bridgehead atoms. The highest BCUT2D eigenvalue weighted by Crippen LogP contribution is 2.25. The van der Waals surface area contributed by atoms with Crippen molar-refractivity contribution in [2.45, 2.75) is 6.92 Å². The van der Waals surface area contributed by atoms with Gasteiger partial charge < -0.3 is 10.6 Å². The summed E-state index contributed by atoms with van der Waals surface area (Å²) < 4.78 is 0. The molecule has 1 aromatic heterocycles. The van der Waals surface area contributed by atoms with E-state index < -0.39 is 5.91 Å². The van der Waals surface area contributed by atoms with E-state index in [9.17, 15) is 9.59 Å². The van der Waals surface area contributed by atoms with E-state index in [-0.39, 0.29) is 11.7 Å². The van der Waals surface area contributed by atoms with Gasteiger partial charge >= 0.3 is 0 Å². The highest BCUT2D eigenvalue weighted by molar-refractivity contribution is 6.34. The third-order valence-electron chi connectivity index (χ3n) is 2.17. The molecular weight excluding hydrogens is 270 g/mol. The Morgan fingerprint density at radius 1 is 1.32 bits per heavy atom. The van der Waals surface area contributed by atoms with Crippen LogP contribution in [-0.2, 0) is 4.79 Å². The maximum Gasteiger partial charge on any atom is 0.292 e. The number of anilines is 2. The van der Waals surface area contributed by atoms with Crippen LogP contribution < -0.4 is 10.6 Å². The monoisotopic (exact) mass is 279 g/mol. The smallest absolute Gasteiger partial charge is 0.292 e. The Kier molecular flexibility index (Phi) is 3.76. The van der Waals surface area contributed by atoms with E-state index in [0.717, 1.165) is 0 Å². The van der Waals surface area contributed by atoms with Crippen LogP contribution in [0.5, 0.6) is 0 Å². The molecule has 0 aliphatic heterocycles. The molecule has 0 fully saturated rings. The van der Waals surface area contributed by atoms with Gasteiger partial charge in [0, 0.05) is 12.6 Å². The number of nitrogens with one attached hydrogen (secondary N) is 3. The van der Waals surface area contributed by atoms with Gasteiger partial charge in [-0.2, -0.15) is 5.10 Å². The Morgan fingerprint density at radius 3 is 2.68 bits per heavy atom. The minimum absolute atomic E-state index is 0.0991. The zero-order chi connectivity index (χ0) is 13.8. The number of nitrogens with zero attached hydrogens (tertiary/aromatic N) is 2. The van der Waals surface area contributed by atoms with E-state index in [1.807, 2.05) is 0 Å². The standard InChI is InChI=1S/C11H10ClN5O2/c1-6(18)15-9-3-2-7(4-8(9)12)16-11(19)10-13-5-14-17-10/h2-5H,1H3,(H,15,18)(H,16,19)(H,13,14,17). The number of amides is 2. The molecule has 0 saturated carbocycles. The summed E-state index contributed by atoms with van der Waals surface area (Å²) in [6.07, 6.45) is 1.24. The number of hydrogen-bond donors (Lipinski definition) is 3. The van der Waals surface area contributed by atoms with Crippen LogP contribution in [0.25, 0.3) is 0 Å². The molecule has 1 aromatic carbocycles. The number of aromatic amines is 1. The topological polar surface area (TPSA) is 99.8 Å². The van der Waals surface area contributed by atoms with Gasteiger partial charge in [0.15, 0.2) is 0 Å². The third-order valence-corrected chi connectivity index (χ3v) is 2.48. The van der Waals surface area contributed by atoms with E-state index >= 15 is 0 Å². The van der Waals surface area contributed by atoms with Crippen LogP contribution in [-0.4, -0.2) is 27.0 Å². The molecule has 0 unspecified atom stereocenters. The first-order valence-corrected chi connectivity index (χ1v) is 5.68. The number of halogens is 1. The average molecular weight is 280 g/mol. The highest BCUT2D eigenvalue weighted by atomic mass is 35.5. The van der Waals surface area contributed by atoms with Gasteiger partial charge in [-0.1, -0.05) is 11.6 Å². The van der Waals surface area contributed by atoms with Crippen molar-refractivity contribution in [2.24, 2.45) is 0 Å². The number of benzene rings is 1. The van der Waals surface area contributed by atoms with Gasteiger partial charge in [-0.3, -0.25) is 14.7 Å². The van der Waals surface area contributed by atoms with E-state index in [2.05, 4.69) is 25.8 Å². The minimum atomic E-state index is -0.430. The molecule has 98 valence electrons. The second-order valence-electron chi connectivity index (χ2n) is 3.66. The number of hydrogen-bond acceptors (Lipinski definition) is 4. The van der Waals surface area contributed by atoms with E-state index in [1.165, 1.54) is 19.3 Å². The van der Waals surface area contributed by atoms with Gasteiger partial charge in [-0.25, -0.2) is 4.98 Å². The van der Waals surface area contributed by atoms with Gasteiger partial charge in [0.05, 0.1) is 10.7 Å². The molecule has 0 atom stereocenters. The fourth-order valence-corrected chi connectivity index (χ4v) is 1.62. The van der Waals surface area contributed by atoms with Crippen molar-refractivity contribution in [1.29, 1.82) is 0 Å². The molecule has 0 aliphatic carbocycles. The van der Waals surface area contributed by atoms with E-state index in [4.69, 9.17) is 11.6 Å². The molecule has 2 aromatic rings. The average Bonchev–Trinajstić information content (AvgIpc) is 2.86. The van der Waals surface area contributed by atoms with E-state index in [1.54, 1.807) is 12.1 Å². The first kappa shape index (κ1) is 13.0. The summed E-state index contributed by atoms with van der Waals surface area (Å²) in [5, 5.41) is 11.5. The molecule has 0 saturated heterocycles. The van der Waals surface area contributed by atoms with Crippen LogP contribution >= 0.6 is 11.6 Å². The van der Waals surface area contributed by atoms with Crippen LogP contribution in [0.15, 0.2) is 24.5 Å². The molecule has 2 rings (SSSR count). The molecule has 2 amide bonds. The summed E-state index contributed by atoms with van der Waals surface area (Å²) in [6, 6.07) is 4.74. The summed E-state index contributed by atoms with van der Waals surface area (Å²) in [5.41, 5.74) is 0.965. The first-order chi connectivity index (χ1) is 9.06. The van der Waals surface area contributed by atoms with Gasteiger partial charge in [0.1, 0.15) is 6.33 Å². The molecule has 3 N–H and O–H groups in total. The van der Waals surface area contributed by atoms with Gasteiger partial charge in [-0.05, 0) is 18.2 Å². The van der Waals surface area contributed by atoms with Crippen molar-refractivity contribution in [3.63, 3.8) is 0 Å². The Labute approximate surface area is 113 Å². The first-order valence-electron chi connectivity index (χ1n) is 5.30. The van der Waals surface area contributed by atoms with Crippen molar-refractivity contribution < 1.29 is 9.59 Å². The molecule has 8 heteroatoms. The Morgan fingerprint density at radius 2 is 2.11 bits per heavy atom. The van der Waals surface area contributed by atoms with Crippen LogP contribution in [0.4, 0.5) is 11.4 Å². The quantitative estimate of drug-likeness (QED) is 0.795. The normalized spacial score (nSPS) is 10.0. The third kappa shape index (κ3) is 3.29. The number of carbonyl (C=O) groups excluding carboxylic acids is 2. The van der Waals surface area contributed by atoms with Crippen LogP contribution in [0.2, 0.25) is 5.02 Å². The number of rotatable bonds is 3. The van der Waals surface area contributed by atoms with Gasteiger partial charge in [0.2, 0.25) is 11.7 Å². The van der Waals surface area contributed by atoms with Crippen molar-refractivity contribution in [1.82, 2.24) is 15.2 Å². The van der Waals surface area contributed by atoms with Crippen LogP contribution in [0.1, 0.15) is 17.5 Å². The largest absolute Gasteiger partial charge is 0.325 e. The van der Waals surface area contributed by atoms with Crippen LogP contribution in [0, 0.1) is 0 Å². The minimum Gasteiger partial charge on any atom is -0.325 e. The fourth-order valence-electron chi connectivity index (χ4n) is 1.39. The van der Waals surface area contributed by atoms with Crippen molar-refractivity contribution >= 4 is 34.8 Å². The molecule has 0 aliphatic rings. The summed E-state index contributed by atoms with van der Waals surface area (Å²) >= 11 is 5.98. The second-order valence-corrected chi connectivity index (χ2v) is 4.07. The lowest BCUT2D eigenvalue weighted by Gasteiger charge is -2.08. The Bertz CT molecular complexity index is 612. The maximum absolute atomic E-state index is 11.7. The lowest BCUT2D eigenvalue weighted by atomic mass is 10.2. The SMILES string of the molecule is CC(=O)Nc1ccc(NC(=O)c2ncn[nH]2)cc1Cl. The summed E-state index contributed by atoms with van der Waals surface area (Å²) in [4.78, 5) is 26.3. The molecule has 19 heavy (non-hydrogen) atoms. The highest BCUT2D eigenvalue weighted by Gasteiger charge is 2.10. The predicted octanol–water partition coefficient (Wildman–Crippen LogP) is 1.67. The second kappa shape index (κ2) is 5.49. The lowest BCUT2D eigenvalue weighted by molar-refractivity contribution is -0.114. The lowest BCUT2D eigenvalue weighted by Crippen LogP contribution is -2.14. The Hall–Kier alpha value is -2.41. The molecule has 1 heterocycles. The summed E-state index contributed by atoms with van der Waals surface area (Å²) in [5.74, 6) is -0.553. The van der Waals surface area contributed by atoms with E-state index in [0.29, 0.717) is 16.4 Å². The number of aromatic nitrogens is 3. The predicted molar refractivity (Wildman–Crippen MR) is 70.1 cm³/mol. The van der Waals surface area contributed by atoms with Crippen LogP contribution in [0.3, 0.4) is 0 Å². The van der Waals surface area contributed by atoms with Gasteiger partial charge in [-0.15, -0.1) is 0 Å². The molecule has 7 nitrogen and oxygen atoms in total. The summed E-state index contributed by atoms with van der Waals surface area (Å²) in [6.45, 7) is 1.38. The summed E-state index contributed by atoms with van der Waals surface area (Å²) in [7, 11) is 0. The molecule has 0 radical (unpaired) electrons.